The molecular formula is C27H54N2O2. The Hall–Kier alpha value is -0.870. The third-order valence-electron chi connectivity index (χ3n) is 5.98. The summed E-state index contributed by atoms with van der Waals surface area (Å²) >= 11 is 0. The summed E-state index contributed by atoms with van der Waals surface area (Å²) in [5, 5.41) is 13.0. The number of amides is 1. The average Bonchev–Trinajstić information content (AvgIpc) is 2.71. The summed E-state index contributed by atoms with van der Waals surface area (Å²) in [6, 6.07) is 1.11. The van der Waals surface area contributed by atoms with E-state index in [-0.39, 0.29) is 12.0 Å². The molecule has 0 aromatic carbocycles. The molecule has 0 aliphatic carbocycles. The van der Waals surface area contributed by atoms with Gasteiger partial charge in [0, 0.05) is 31.6 Å². The van der Waals surface area contributed by atoms with E-state index in [9.17, 15) is 9.90 Å². The second-order valence-corrected chi connectivity index (χ2v) is 9.65. The molecule has 0 spiro atoms. The second kappa shape index (κ2) is 21.0. The van der Waals surface area contributed by atoms with Crippen molar-refractivity contribution in [3.63, 3.8) is 0 Å². The SMILES string of the molecule is CCCCCC[C@@H](O)C/C=C\CCCCCCCC(=O)NCCCN(C(C)C)C(C)C. The maximum Gasteiger partial charge on any atom is 0.219 e. The number of nitrogens with zero attached hydrogens (tertiary/aromatic N) is 1. The maximum atomic E-state index is 12.0. The van der Waals surface area contributed by atoms with E-state index in [2.05, 4.69) is 57.0 Å². The van der Waals surface area contributed by atoms with Crippen LogP contribution in [-0.2, 0) is 4.79 Å². The van der Waals surface area contributed by atoms with E-state index >= 15 is 0 Å². The fraction of sp³-hybridized carbons (Fsp3) is 0.889. The van der Waals surface area contributed by atoms with Gasteiger partial charge < -0.3 is 10.4 Å². The van der Waals surface area contributed by atoms with Gasteiger partial charge in [-0.05, 0) is 66.2 Å². The summed E-state index contributed by atoms with van der Waals surface area (Å²) in [6.07, 6.45) is 19.4. The summed E-state index contributed by atoms with van der Waals surface area (Å²) in [7, 11) is 0. The van der Waals surface area contributed by atoms with Crippen molar-refractivity contribution < 1.29 is 9.90 Å². The Labute approximate surface area is 194 Å². The molecule has 2 N–H and O–H groups in total. The third-order valence-corrected chi connectivity index (χ3v) is 5.98. The van der Waals surface area contributed by atoms with Crippen molar-refractivity contribution in [1.82, 2.24) is 10.2 Å². The number of hydrogen-bond donors (Lipinski definition) is 2. The average molecular weight is 439 g/mol. The number of unbranched alkanes of at least 4 members (excludes halogenated alkanes) is 8. The third kappa shape index (κ3) is 19.5. The lowest BCUT2D eigenvalue weighted by atomic mass is 10.1. The van der Waals surface area contributed by atoms with E-state index in [0.717, 1.165) is 58.0 Å². The molecule has 1 amide bonds. The number of carbonyl (C=O) groups excluding carboxylic acids is 1. The van der Waals surface area contributed by atoms with E-state index in [1.807, 2.05) is 0 Å². The first kappa shape index (κ1) is 30.1. The molecule has 0 aliphatic heterocycles. The van der Waals surface area contributed by atoms with E-state index in [0.29, 0.717) is 18.5 Å². The molecule has 0 radical (unpaired) electrons. The summed E-state index contributed by atoms with van der Waals surface area (Å²) < 4.78 is 0. The molecule has 0 saturated heterocycles. The van der Waals surface area contributed by atoms with Gasteiger partial charge in [0.25, 0.3) is 0 Å². The predicted octanol–water partition coefficient (Wildman–Crippen LogP) is 6.62. The van der Waals surface area contributed by atoms with E-state index in [1.165, 1.54) is 38.5 Å². The number of nitrogens with one attached hydrogen (secondary N) is 1. The maximum absolute atomic E-state index is 12.0. The van der Waals surface area contributed by atoms with Gasteiger partial charge in [-0.15, -0.1) is 0 Å². The van der Waals surface area contributed by atoms with Gasteiger partial charge in [-0.2, -0.15) is 0 Å². The Bertz CT molecular complexity index is 427. The summed E-state index contributed by atoms with van der Waals surface area (Å²) in [4.78, 5) is 14.4. The Morgan fingerprint density at radius 1 is 0.871 bits per heavy atom. The van der Waals surface area contributed by atoms with Gasteiger partial charge in [-0.25, -0.2) is 0 Å². The lowest BCUT2D eigenvalue weighted by Gasteiger charge is -2.30. The van der Waals surface area contributed by atoms with Crippen molar-refractivity contribution in [2.45, 2.75) is 143 Å². The summed E-state index contributed by atoms with van der Waals surface area (Å²) in [5.74, 6) is 0.205. The van der Waals surface area contributed by atoms with Gasteiger partial charge in [-0.3, -0.25) is 9.69 Å². The molecule has 0 aromatic rings. The molecule has 0 bridgehead atoms. The van der Waals surface area contributed by atoms with Crippen LogP contribution < -0.4 is 5.32 Å². The highest BCUT2D eigenvalue weighted by atomic mass is 16.3. The first-order chi connectivity index (χ1) is 14.9. The van der Waals surface area contributed by atoms with Crippen LogP contribution in [0.15, 0.2) is 12.2 Å². The standard InChI is InChI=1S/C27H54N2O2/c1-6-7-8-15-19-26(30)20-16-13-11-9-10-12-14-17-21-27(31)28-22-18-23-29(24(2)3)25(4)5/h13,16,24-26,30H,6-12,14-15,17-23H2,1-5H3,(H,28,31)/b16-13-/t26-/m1/s1. The van der Waals surface area contributed by atoms with Crippen LogP contribution in [0.3, 0.4) is 0 Å². The summed E-state index contributed by atoms with van der Waals surface area (Å²) in [6.45, 7) is 13.0. The Balaban J connectivity index is 3.49. The Kier molecular flexibility index (Phi) is 20.4. The number of allylic oxidation sites excluding steroid dienone is 1. The molecule has 0 rings (SSSR count). The second-order valence-electron chi connectivity index (χ2n) is 9.65. The van der Waals surface area contributed by atoms with Gasteiger partial charge in [0.2, 0.25) is 5.91 Å². The topological polar surface area (TPSA) is 52.6 Å². The van der Waals surface area contributed by atoms with E-state index in [4.69, 9.17) is 0 Å². The zero-order valence-electron chi connectivity index (χ0n) is 21.5. The normalized spacial score (nSPS) is 13.1. The van der Waals surface area contributed by atoms with Gasteiger partial charge in [0.05, 0.1) is 6.10 Å². The van der Waals surface area contributed by atoms with Crippen molar-refractivity contribution in [2.24, 2.45) is 0 Å². The monoisotopic (exact) mass is 438 g/mol. The molecule has 4 heteroatoms. The van der Waals surface area contributed by atoms with Crippen LogP contribution in [0, 0.1) is 0 Å². The minimum Gasteiger partial charge on any atom is -0.393 e. The zero-order chi connectivity index (χ0) is 23.3. The number of rotatable bonds is 21. The minimum absolute atomic E-state index is 0.163. The van der Waals surface area contributed by atoms with E-state index < -0.39 is 0 Å². The lowest BCUT2D eigenvalue weighted by Crippen LogP contribution is -2.39. The van der Waals surface area contributed by atoms with Crippen LogP contribution in [0.1, 0.15) is 125 Å². The van der Waals surface area contributed by atoms with Crippen molar-refractivity contribution >= 4 is 5.91 Å². The zero-order valence-corrected chi connectivity index (χ0v) is 21.5. The molecule has 4 nitrogen and oxygen atoms in total. The fourth-order valence-electron chi connectivity index (χ4n) is 4.06. The van der Waals surface area contributed by atoms with Crippen LogP contribution in [0.25, 0.3) is 0 Å². The summed E-state index contributed by atoms with van der Waals surface area (Å²) in [5.41, 5.74) is 0. The Morgan fingerprint density at radius 2 is 1.52 bits per heavy atom. The number of hydrogen-bond acceptors (Lipinski definition) is 3. The molecule has 0 unspecified atom stereocenters. The van der Waals surface area contributed by atoms with Gasteiger partial charge in [-0.1, -0.05) is 64.0 Å². The number of carbonyl (C=O) groups is 1. The quantitative estimate of drug-likeness (QED) is 0.156. The van der Waals surface area contributed by atoms with Crippen molar-refractivity contribution in [2.75, 3.05) is 13.1 Å². The Morgan fingerprint density at radius 3 is 2.19 bits per heavy atom. The van der Waals surface area contributed by atoms with Crippen LogP contribution in [0.2, 0.25) is 0 Å². The van der Waals surface area contributed by atoms with Gasteiger partial charge in [0.1, 0.15) is 0 Å². The van der Waals surface area contributed by atoms with Crippen LogP contribution in [0.4, 0.5) is 0 Å². The minimum atomic E-state index is -0.163. The van der Waals surface area contributed by atoms with Crippen molar-refractivity contribution in [3.05, 3.63) is 12.2 Å². The molecule has 184 valence electrons. The highest BCUT2D eigenvalue weighted by Gasteiger charge is 2.12. The molecule has 1 atom stereocenters. The first-order valence-corrected chi connectivity index (χ1v) is 13.2. The van der Waals surface area contributed by atoms with Crippen LogP contribution in [0.5, 0.6) is 0 Å². The molecule has 0 aromatic heterocycles. The van der Waals surface area contributed by atoms with Crippen LogP contribution >= 0.6 is 0 Å². The van der Waals surface area contributed by atoms with Gasteiger partial charge in [0.15, 0.2) is 0 Å². The lowest BCUT2D eigenvalue weighted by molar-refractivity contribution is -0.121. The highest BCUT2D eigenvalue weighted by Crippen LogP contribution is 2.11. The molecule has 0 heterocycles. The largest absolute Gasteiger partial charge is 0.393 e. The highest BCUT2D eigenvalue weighted by molar-refractivity contribution is 5.75. The molecule has 0 fully saturated rings. The van der Waals surface area contributed by atoms with Gasteiger partial charge >= 0.3 is 0 Å². The van der Waals surface area contributed by atoms with Crippen molar-refractivity contribution in [3.8, 4) is 0 Å². The van der Waals surface area contributed by atoms with E-state index in [1.54, 1.807) is 0 Å². The predicted molar refractivity (Wildman–Crippen MR) is 135 cm³/mol. The molecular weight excluding hydrogens is 384 g/mol. The van der Waals surface area contributed by atoms with Crippen LogP contribution in [-0.4, -0.2) is 47.2 Å². The molecule has 0 aliphatic rings. The fourth-order valence-corrected chi connectivity index (χ4v) is 4.06. The first-order valence-electron chi connectivity index (χ1n) is 13.2. The number of aliphatic hydroxyl groups excluding tert-OH is 1. The van der Waals surface area contributed by atoms with Crippen molar-refractivity contribution in [1.29, 1.82) is 0 Å². The smallest absolute Gasteiger partial charge is 0.219 e. The molecule has 31 heavy (non-hydrogen) atoms. The number of aliphatic hydroxyl groups is 1. The molecule has 0 saturated carbocycles.